The average Bonchev–Trinajstić information content (AvgIpc) is 2.26. The normalized spacial score (nSPS) is 14.6. The van der Waals surface area contributed by atoms with Crippen molar-refractivity contribution in [2.45, 2.75) is 59.4 Å². The highest BCUT2D eigenvalue weighted by Crippen LogP contribution is 2.24. The molecule has 1 nitrogen and oxygen atoms in total. The molecule has 0 aliphatic rings. The van der Waals surface area contributed by atoms with Gasteiger partial charge in [0.1, 0.15) is 0 Å². The highest BCUT2D eigenvalue weighted by atomic mass is 14.9. The molecule has 0 radical (unpaired) electrons. The first-order valence-corrected chi connectivity index (χ1v) is 6.90. The van der Waals surface area contributed by atoms with Crippen LogP contribution in [0.1, 0.15) is 56.2 Å². The van der Waals surface area contributed by atoms with Gasteiger partial charge in [0.2, 0.25) is 0 Å². The Balaban J connectivity index is 2.87. The molecule has 1 aromatic carbocycles. The Labute approximate surface area is 107 Å². The van der Waals surface area contributed by atoms with Crippen molar-refractivity contribution in [3.8, 4) is 0 Å². The molecule has 1 aromatic rings. The van der Waals surface area contributed by atoms with E-state index in [1.54, 1.807) is 0 Å². The lowest BCUT2D eigenvalue weighted by atomic mass is 9.88. The summed E-state index contributed by atoms with van der Waals surface area (Å²) in [6.07, 6.45) is 2.49. The van der Waals surface area contributed by atoms with Crippen LogP contribution in [0.3, 0.4) is 0 Å². The van der Waals surface area contributed by atoms with Gasteiger partial charge in [-0.3, -0.25) is 0 Å². The van der Waals surface area contributed by atoms with E-state index >= 15 is 0 Å². The summed E-state index contributed by atoms with van der Waals surface area (Å²) >= 11 is 0. The molecule has 0 aliphatic heterocycles. The Hall–Kier alpha value is -0.820. The van der Waals surface area contributed by atoms with Gasteiger partial charge in [0.15, 0.2) is 0 Å². The standard InChI is InChI=1S/C16H27N/c1-6-8-16(17-7-2)14(5)15-10-12(3)9-13(4)11-15/h9-11,14,16-17H,6-8H2,1-5H3. The number of hydrogen-bond donors (Lipinski definition) is 1. The van der Waals surface area contributed by atoms with Gasteiger partial charge in [0, 0.05) is 6.04 Å². The molecule has 2 unspecified atom stereocenters. The molecule has 0 heterocycles. The molecular formula is C16H27N. The minimum absolute atomic E-state index is 0.591. The Morgan fingerprint density at radius 3 is 2.12 bits per heavy atom. The first kappa shape index (κ1) is 14.2. The number of benzene rings is 1. The second-order valence-electron chi connectivity index (χ2n) is 5.16. The molecule has 0 saturated carbocycles. The number of likely N-dealkylation sites (N-methyl/N-ethyl adjacent to an activating group) is 1. The van der Waals surface area contributed by atoms with Crippen LogP contribution in [0.2, 0.25) is 0 Å². The van der Waals surface area contributed by atoms with Crippen LogP contribution >= 0.6 is 0 Å². The Morgan fingerprint density at radius 2 is 1.65 bits per heavy atom. The van der Waals surface area contributed by atoms with Crippen molar-refractivity contribution in [2.75, 3.05) is 6.54 Å². The van der Waals surface area contributed by atoms with Crippen LogP contribution < -0.4 is 5.32 Å². The molecule has 0 bridgehead atoms. The number of rotatable bonds is 6. The van der Waals surface area contributed by atoms with Gasteiger partial charge in [-0.2, -0.15) is 0 Å². The van der Waals surface area contributed by atoms with Crippen molar-refractivity contribution >= 4 is 0 Å². The summed E-state index contributed by atoms with van der Waals surface area (Å²) in [5.41, 5.74) is 4.22. The molecule has 0 saturated heterocycles. The SMILES string of the molecule is CCCC(NCC)C(C)c1cc(C)cc(C)c1. The van der Waals surface area contributed by atoms with Crippen LogP contribution in [-0.4, -0.2) is 12.6 Å². The van der Waals surface area contributed by atoms with Crippen molar-refractivity contribution in [2.24, 2.45) is 0 Å². The predicted octanol–water partition coefficient (Wildman–Crippen LogP) is 4.19. The Morgan fingerprint density at radius 1 is 1.06 bits per heavy atom. The Bertz CT molecular complexity index is 317. The molecule has 1 heteroatoms. The summed E-state index contributed by atoms with van der Waals surface area (Å²) in [4.78, 5) is 0. The molecular weight excluding hydrogens is 206 g/mol. The van der Waals surface area contributed by atoms with Gasteiger partial charge in [-0.25, -0.2) is 0 Å². The zero-order valence-electron chi connectivity index (χ0n) is 12.0. The molecule has 1 rings (SSSR count). The number of nitrogens with one attached hydrogen (secondary N) is 1. The molecule has 0 spiro atoms. The minimum atomic E-state index is 0.591. The van der Waals surface area contributed by atoms with Gasteiger partial charge in [-0.15, -0.1) is 0 Å². The molecule has 96 valence electrons. The second kappa shape index (κ2) is 6.80. The third-order valence-corrected chi connectivity index (χ3v) is 3.44. The van der Waals surface area contributed by atoms with E-state index in [1.165, 1.54) is 29.5 Å². The Kier molecular flexibility index (Phi) is 5.70. The van der Waals surface area contributed by atoms with E-state index in [0.717, 1.165) is 6.54 Å². The summed E-state index contributed by atoms with van der Waals surface area (Å²) in [5.74, 6) is 0.591. The second-order valence-corrected chi connectivity index (χ2v) is 5.16. The summed E-state index contributed by atoms with van der Waals surface area (Å²) in [6.45, 7) is 12.2. The quantitative estimate of drug-likeness (QED) is 0.777. The molecule has 0 aliphatic carbocycles. The van der Waals surface area contributed by atoms with E-state index in [9.17, 15) is 0 Å². The lowest BCUT2D eigenvalue weighted by molar-refractivity contribution is 0.429. The predicted molar refractivity (Wildman–Crippen MR) is 76.7 cm³/mol. The van der Waals surface area contributed by atoms with Crippen LogP contribution in [0.15, 0.2) is 18.2 Å². The molecule has 2 atom stereocenters. The fourth-order valence-corrected chi connectivity index (χ4v) is 2.61. The maximum absolute atomic E-state index is 3.62. The van der Waals surface area contributed by atoms with Crippen LogP contribution in [0.5, 0.6) is 0 Å². The monoisotopic (exact) mass is 233 g/mol. The molecule has 1 N–H and O–H groups in total. The third kappa shape index (κ3) is 4.16. The van der Waals surface area contributed by atoms with Gasteiger partial charge in [0.25, 0.3) is 0 Å². The zero-order valence-corrected chi connectivity index (χ0v) is 12.0. The summed E-state index contributed by atoms with van der Waals surface area (Å²) in [6, 6.07) is 7.51. The topological polar surface area (TPSA) is 12.0 Å². The molecule has 17 heavy (non-hydrogen) atoms. The van der Waals surface area contributed by atoms with E-state index in [0.29, 0.717) is 12.0 Å². The third-order valence-electron chi connectivity index (χ3n) is 3.44. The van der Waals surface area contributed by atoms with Crippen LogP contribution in [0.4, 0.5) is 0 Å². The number of hydrogen-bond acceptors (Lipinski definition) is 1. The zero-order chi connectivity index (χ0) is 12.8. The average molecular weight is 233 g/mol. The van der Waals surface area contributed by atoms with E-state index < -0.39 is 0 Å². The van der Waals surface area contributed by atoms with E-state index in [4.69, 9.17) is 0 Å². The van der Waals surface area contributed by atoms with Crippen molar-refractivity contribution in [1.82, 2.24) is 5.32 Å². The molecule has 0 fully saturated rings. The summed E-state index contributed by atoms with van der Waals surface area (Å²) in [7, 11) is 0. The number of aryl methyl sites for hydroxylation is 2. The van der Waals surface area contributed by atoms with Crippen molar-refractivity contribution < 1.29 is 0 Å². The van der Waals surface area contributed by atoms with Crippen molar-refractivity contribution in [1.29, 1.82) is 0 Å². The minimum Gasteiger partial charge on any atom is -0.314 e. The highest BCUT2D eigenvalue weighted by Gasteiger charge is 2.17. The fraction of sp³-hybridized carbons (Fsp3) is 0.625. The van der Waals surface area contributed by atoms with E-state index in [1.807, 2.05) is 0 Å². The first-order valence-electron chi connectivity index (χ1n) is 6.90. The summed E-state index contributed by atoms with van der Waals surface area (Å²) < 4.78 is 0. The fourth-order valence-electron chi connectivity index (χ4n) is 2.61. The van der Waals surface area contributed by atoms with Crippen molar-refractivity contribution in [3.05, 3.63) is 34.9 Å². The van der Waals surface area contributed by atoms with E-state index in [2.05, 4.69) is 58.1 Å². The molecule has 0 amide bonds. The summed E-state index contributed by atoms with van der Waals surface area (Å²) in [5, 5.41) is 3.62. The lowest BCUT2D eigenvalue weighted by Gasteiger charge is -2.25. The van der Waals surface area contributed by atoms with Gasteiger partial charge >= 0.3 is 0 Å². The van der Waals surface area contributed by atoms with Crippen molar-refractivity contribution in [3.63, 3.8) is 0 Å². The van der Waals surface area contributed by atoms with E-state index in [-0.39, 0.29) is 0 Å². The smallest absolute Gasteiger partial charge is 0.0133 e. The largest absolute Gasteiger partial charge is 0.314 e. The first-order chi connectivity index (χ1) is 8.08. The highest BCUT2D eigenvalue weighted by molar-refractivity contribution is 5.31. The maximum Gasteiger partial charge on any atom is 0.0133 e. The lowest BCUT2D eigenvalue weighted by Crippen LogP contribution is -2.33. The molecule has 0 aromatic heterocycles. The van der Waals surface area contributed by atoms with Crippen LogP contribution in [0.25, 0.3) is 0 Å². The van der Waals surface area contributed by atoms with Gasteiger partial charge < -0.3 is 5.32 Å². The maximum atomic E-state index is 3.62. The van der Waals surface area contributed by atoms with Gasteiger partial charge in [-0.1, -0.05) is 56.5 Å². The van der Waals surface area contributed by atoms with Gasteiger partial charge in [-0.05, 0) is 38.3 Å². The van der Waals surface area contributed by atoms with Crippen LogP contribution in [0, 0.1) is 13.8 Å². The van der Waals surface area contributed by atoms with Gasteiger partial charge in [0.05, 0.1) is 0 Å². The van der Waals surface area contributed by atoms with Crippen LogP contribution in [-0.2, 0) is 0 Å².